The summed E-state index contributed by atoms with van der Waals surface area (Å²) in [6.07, 6.45) is 2.51. The molecule has 1 aliphatic heterocycles. The van der Waals surface area contributed by atoms with Gasteiger partial charge in [0.2, 0.25) is 5.91 Å². The zero-order chi connectivity index (χ0) is 13.0. The second-order valence-electron chi connectivity index (χ2n) is 4.59. The number of hydrogen-bond donors (Lipinski definition) is 2. The first-order chi connectivity index (χ1) is 8.65. The monoisotopic (exact) mass is 254 g/mol. The van der Waals surface area contributed by atoms with E-state index in [4.69, 9.17) is 0 Å². The van der Waals surface area contributed by atoms with Crippen molar-refractivity contribution in [3.8, 4) is 0 Å². The third-order valence-electron chi connectivity index (χ3n) is 3.08. The van der Waals surface area contributed by atoms with Crippen LogP contribution in [0, 0.1) is 17.6 Å². The molecule has 1 aromatic carbocycles. The number of carbonyl (C=O) groups excluding carboxylic acids is 1. The molecule has 1 atom stereocenters. The fourth-order valence-electron chi connectivity index (χ4n) is 2.15. The number of amides is 1. The number of rotatable bonds is 3. The maximum absolute atomic E-state index is 13.0. The zero-order valence-electron chi connectivity index (χ0n) is 10.0. The van der Waals surface area contributed by atoms with Gasteiger partial charge in [0.25, 0.3) is 0 Å². The summed E-state index contributed by atoms with van der Waals surface area (Å²) in [5.74, 6) is -1.70. The summed E-state index contributed by atoms with van der Waals surface area (Å²) in [6.45, 7) is 1.84. The second kappa shape index (κ2) is 5.91. The van der Waals surface area contributed by atoms with Gasteiger partial charge < -0.3 is 10.6 Å². The lowest BCUT2D eigenvalue weighted by molar-refractivity contribution is -0.117. The standard InChI is InChI=1S/C13H16F2N2O/c14-11-4-3-10(7-12(11)15)17-13(18)6-9-2-1-5-16-8-9/h3-4,7,9,16H,1-2,5-6,8H2,(H,17,18). The molecule has 3 nitrogen and oxygen atoms in total. The zero-order valence-corrected chi connectivity index (χ0v) is 10.0. The summed E-state index contributed by atoms with van der Waals surface area (Å²) in [4.78, 5) is 11.7. The average Bonchev–Trinajstić information content (AvgIpc) is 2.35. The van der Waals surface area contributed by atoms with Crippen LogP contribution < -0.4 is 10.6 Å². The van der Waals surface area contributed by atoms with Crippen LogP contribution in [0.4, 0.5) is 14.5 Å². The Morgan fingerprint density at radius 1 is 1.39 bits per heavy atom. The Kier molecular flexibility index (Phi) is 4.25. The molecule has 1 saturated heterocycles. The van der Waals surface area contributed by atoms with Crippen molar-refractivity contribution in [3.05, 3.63) is 29.8 Å². The number of nitrogens with one attached hydrogen (secondary N) is 2. The third kappa shape index (κ3) is 3.50. The highest BCUT2D eigenvalue weighted by Crippen LogP contribution is 2.17. The third-order valence-corrected chi connectivity index (χ3v) is 3.08. The van der Waals surface area contributed by atoms with E-state index >= 15 is 0 Å². The summed E-state index contributed by atoms with van der Waals surface area (Å²) < 4.78 is 25.7. The summed E-state index contributed by atoms with van der Waals surface area (Å²) >= 11 is 0. The largest absolute Gasteiger partial charge is 0.326 e. The van der Waals surface area contributed by atoms with Crippen LogP contribution in [0.3, 0.4) is 0 Å². The van der Waals surface area contributed by atoms with Gasteiger partial charge in [-0.3, -0.25) is 4.79 Å². The van der Waals surface area contributed by atoms with E-state index < -0.39 is 11.6 Å². The van der Waals surface area contributed by atoms with E-state index in [0.717, 1.165) is 38.1 Å². The number of benzene rings is 1. The first-order valence-electron chi connectivity index (χ1n) is 6.11. The Bertz CT molecular complexity index is 431. The van der Waals surface area contributed by atoms with Crippen LogP contribution in [0.2, 0.25) is 0 Å². The van der Waals surface area contributed by atoms with E-state index in [1.54, 1.807) is 0 Å². The number of halogens is 2. The Balaban J connectivity index is 1.88. The van der Waals surface area contributed by atoms with Crippen LogP contribution in [0.5, 0.6) is 0 Å². The molecule has 0 aliphatic carbocycles. The Labute approximate surface area is 105 Å². The molecular formula is C13H16F2N2O. The summed E-state index contributed by atoms with van der Waals surface area (Å²) in [5.41, 5.74) is 0.294. The van der Waals surface area contributed by atoms with Crippen molar-refractivity contribution in [1.29, 1.82) is 0 Å². The van der Waals surface area contributed by atoms with Gasteiger partial charge in [-0.2, -0.15) is 0 Å². The fraction of sp³-hybridized carbons (Fsp3) is 0.462. The molecule has 2 rings (SSSR count). The average molecular weight is 254 g/mol. The number of hydrogen-bond acceptors (Lipinski definition) is 2. The molecule has 0 saturated carbocycles. The minimum absolute atomic E-state index is 0.158. The summed E-state index contributed by atoms with van der Waals surface area (Å²) in [5, 5.41) is 5.81. The van der Waals surface area contributed by atoms with Gasteiger partial charge in [0.15, 0.2) is 11.6 Å². The first-order valence-corrected chi connectivity index (χ1v) is 6.11. The highest BCUT2D eigenvalue weighted by atomic mass is 19.2. The predicted molar refractivity (Wildman–Crippen MR) is 65.2 cm³/mol. The lowest BCUT2D eigenvalue weighted by atomic mass is 9.96. The van der Waals surface area contributed by atoms with Gasteiger partial charge in [-0.1, -0.05) is 0 Å². The lowest BCUT2D eigenvalue weighted by Gasteiger charge is -2.22. The molecule has 1 fully saturated rings. The number of carbonyl (C=O) groups is 1. The molecule has 18 heavy (non-hydrogen) atoms. The molecule has 1 aromatic rings. The molecule has 0 spiro atoms. The second-order valence-corrected chi connectivity index (χ2v) is 4.59. The smallest absolute Gasteiger partial charge is 0.224 e. The molecule has 1 unspecified atom stereocenters. The van der Waals surface area contributed by atoms with Gasteiger partial charge in [-0.25, -0.2) is 8.78 Å². The maximum Gasteiger partial charge on any atom is 0.224 e. The highest BCUT2D eigenvalue weighted by Gasteiger charge is 2.17. The van der Waals surface area contributed by atoms with Gasteiger partial charge in [0.1, 0.15) is 0 Å². The van der Waals surface area contributed by atoms with Crippen LogP contribution in [-0.4, -0.2) is 19.0 Å². The first kappa shape index (κ1) is 13.0. The normalized spacial score (nSPS) is 19.6. The molecule has 1 aliphatic rings. The minimum atomic E-state index is -0.952. The minimum Gasteiger partial charge on any atom is -0.326 e. The quantitative estimate of drug-likeness (QED) is 0.869. The lowest BCUT2D eigenvalue weighted by Crippen LogP contribution is -2.32. The van der Waals surface area contributed by atoms with Crippen molar-refractivity contribution >= 4 is 11.6 Å². The van der Waals surface area contributed by atoms with E-state index in [1.165, 1.54) is 6.07 Å². The van der Waals surface area contributed by atoms with Crippen molar-refractivity contribution in [2.75, 3.05) is 18.4 Å². The van der Waals surface area contributed by atoms with Gasteiger partial charge >= 0.3 is 0 Å². The van der Waals surface area contributed by atoms with Crippen LogP contribution in [-0.2, 0) is 4.79 Å². The molecule has 1 heterocycles. The number of anilines is 1. The SMILES string of the molecule is O=C(CC1CCCNC1)Nc1ccc(F)c(F)c1. The van der Waals surface area contributed by atoms with Gasteiger partial charge in [-0.05, 0) is 44.0 Å². The summed E-state index contributed by atoms with van der Waals surface area (Å²) in [6, 6.07) is 3.36. The van der Waals surface area contributed by atoms with Gasteiger partial charge in [0, 0.05) is 18.2 Å². The predicted octanol–water partition coefficient (Wildman–Crippen LogP) is 2.29. The molecule has 0 bridgehead atoms. The highest BCUT2D eigenvalue weighted by molar-refractivity contribution is 5.90. The molecule has 0 aromatic heterocycles. The van der Waals surface area contributed by atoms with Gasteiger partial charge in [-0.15, -0.1) is 0 Å². The molecular weight excluding hydrogens is 238 g/mol. The van der Waals surface area contributed by atoms with Gasteiger partial charge in [0.05, 0.1) is 0 Å². The van der Waals surface area contributed by atoms with E-state index in [2.05, 4.69) is 10.6 Å². The molecule has 0 radical (unpaired) electrons. The van der Waals surface area contributed by atoms with Crippen molar-refractivity contribution in [2.45, 2.75) is 19.3 Å². The van der Waals surface area contributed by atoms with Crippen molar-refractivity contribution < 1.29 is 13.6 Å². The number of piperidine rings is 1. The Morgan fingerprint density at radius 3 is 2.89 bits per heavy atom. The van der Waals surface area contributed by atoms with E-state index in [9.17, 15) is 13.6 Å². The molecule has 98 valence electrons. The van der Waals surface area contributed by atoms with Crippen molar-refractivity contribution in [3.63, 3.8) is 0 Å². The van der Waals surface area contributed by atoms with Crippen molar-refractivity contribution in [2.24, 2.45) is 5.92 Å². The van der Waals surface area contributed by atoms with Crippen molar-refractivity contribution in [1.82, 2.24) is 5.32 Å². The van der Waals surface area contributed by atoms with E-state index in [1.807, 2.05) is 0 Å². The van der Waals surface area contributed by atoms with E-state index in [0.29, 0.717) is 18.0 Å². The van der Waals surface area contributed by atoms with Crippen LogP contribution in [0.25, 0.3) is 0 Å². The van der Waals surface area contributed by atoms with Crippen LogP contribution in [0.15, 0.2) is 18.2 Å². The molecule has 2 N–H and O–H groups in total. The molecule has 5 heteroatoms. The van der Waals surface area contributed by atoms with Crippen LogP contribution in [0.1, 0.15) is 19.3 Å². The van der Waals surface area contributed by atoms with Crippen LogP contribution >= 0.6 is 0 Å². The Hall–Kier alpha value is -1.49. The topological polar surface area (TPSA) is 41.1 Å². The summed E-state index contributed by atoms with van der Waals surface area (Å²) in [7, 11) is 0. The fourth-order valence-corrected chi connectivity index (χ4v) is 2.15. The van der Waals surface area contributed by atoms with E-state index in [-0.39, 0.29) is 5.91 Å². The maximum atomic E-state index is 13.0. The molecule has 1 amide bonds. The Morgan fingerprint density at radius 2 is 2.22 bits per heavy atom.